The molecule has 0 saturated heterocycles. The molecule has 0 N–H and O–H groups in total. The summed E-state index contributed by atoms with van der Waals surface area (Å²) in [7, 11) is 0. The highest BCUT2D eigenvalue weighted by Gasteiger charge is 1.80. The van der Waals surface area contributed by atoms with E-state index in [0.29, 0.717) is 0 Å². The summed E-state index contributed by atoms with van der Waals surface area (Å²) in [5, 5.41) is 0. The Labute approximate surface area is 191 Å². The summed E-state index contributed by atoms with van der Waals surface area (Å²) in [6.45, 7) is 22.3. The van der Waals surface area contributed by atoms with Crippen LogP contribution >= 0.6 is 0 Å². The van der Waals surface area contributed by atoms with E-state index in [9.17, 15) is 0 Å². The third kappa shape index (κ3) is 96.6. The predicted molar refractivity (Wildman–Crippen MR) is 144 cm³/mol. The second kappa shape index (κ2) is 56.5. The summed E-state index contributed by atoms with van der Waals surface area (Å²) in [4.78, 5) is 0. The molecule has 0 bridgehead atoms. The van der Waals surface area contributed by atoms with Crippen LogP contribution in [-0.2, 0) is 0 Å². The van der Waals surface area contributed by atoms with Gasteiger partial charge in [-0.05, 0) is 0 Å². The SMILES string of the molecule is CCCCC.CCCCC.CCCCCC.CCCCCC.CCCCCCC. The minimum Gasteiger partial charge on any atom is -0.0654 e. The van der Waals surface area contributed by atoms with Gasteiger partial charge >= 0.3 is 0 Å². The van der Waals surface area contributed by atoms with Crippen molar-refractivity contribution in [1.29, 1.82) is 0 Å². The molecule has 0 aromatic heterocycles. The van der Waals surface area contributed by atoms with Crippen molar-refractivity contribution in [2.24, 2.45) is 0 Å². The Morgan fingerprint density at radius 2 is 0.310 bits per heavy atom. The Morgan fingerprint density at radius 3 is 0.414 bits per heavy atom. The molecule has 0 spiro atoms. The Hall–Kier alpha value is 0. The van der Waals surface area contributed by atoms with Crippen molar-refractivity contribution in [3.05, 3.63) is 0 Å². The molecule has 0 saturated carbocycles. The van der Waals surface area contributed by atoms with Crippen LogP contribution in [0.3, 0.4) is 0 Å². The van der Waals surface area contributed by atoms with E-state index >= 15 is 0 Å². The molecule has 0 aliphatic rings. The van der Waals surface area contributed by atoms with E-state index in [2.05, 4.69) is 69.2 Å². The first-order valence-corrected chi connectivity index (χ1v) is 14.1. The topological polar surface area (TPSA) is 0 Å². The van der Waals surface area contributed by atoms with Gasteiger partial charge in [0.05, 0.1) is 0 Å². The van der Waals surface area contributed by atoms with Crippen molar-refractivity contribution in [3.8, 4) is 0 Å². The molecule has 0 amide bonds. The molecule has 29 heavy (non-hydrogen) atoms. The number of rotatable bonds is 14. The predicted octanol–water partition coefficient (Wildman–Crippen LogP) is 12.5. The fourth-order valence-corrected chi connectivity index (χ4v) is 2.38. The van der Waals surface area contributed by atoms with Gasteiger partial charge < -0.3 is 0 Å². The number of unbranched alkanes of at least 4 members (excludes halogenated alkanes) is 14. The quantitative estimate of drug-likeness (QED) is 0.247. The molecule has 0 aliphatic carbocycles. The molecule has 0 unspecified atom stereocenters. The van der Waals surface area contributed by atoms with Gasteiger partial charge in [-0.1, -0.05) is 191 Å². The van der Waals surface area contributed by atoms with Gasteiger partial charge in [-0.25, -0.2) is 0 Å². The third-order valence-electron chi connectivity index (χ3n) is 4.54. The van der Waals surface area contributed by atoms with Gasteiger partial charge in [0, 0.05) is 0 Å². The lowest BCUT2D eigenvalue weighted by atomic mass is 10.2. The Morgan fingerprint density at radius 1 is 0.172 bits per heavy atom. The van der Waals surface area contributed by atoms with Crippen LogP contribution in [0.2, 0.25) is 0 Å². The second-order valence-corrected chi connectivity index (χ2v) is 8.18. The lowest BCUT2D eigenvalue weighted by Crippen LogP contribution is -1.70. The van der Waals surface area contributed by atoms with E-state index in [-0.39, 0.29) is 0 Å². The van der Waals surface area contributed by atoms with Gasteiger partial charge in [-0.2, -0.15) is 0 Å². The van der Waals surface area contributed by atoms with E-state index in [1.165, 1.54) is 122 Å². The van der Waals surface area contributed by atoms with E-state index in [4.69, 9.17) is 0 Å². The van der Waals surface area contributed by atoms with Crippen LogP contribution in [0.25, 0.3) is 0 Å². The van der Waals surface area contributed by atoms with Gasteiger partial charge in [0.2, 0.25) is 0 Å². The average Bonchev–Trinajstić information content (AvgIpc) is 2.74. The molecule has 0 aliphatic heterocycles. The molecule has 0 atom stereocenters. The average molecular weight is 417 g/mol. The highest BCUT2D eigenvalue weighted by molar-refractivity contribution is 4.36. The molecular formula is C29H68. The molecule has 184 valence electrons. The second-order valence-electron chi connectivity index (χ2n) is 8.18. The summed E-state index contributed by atoms with van der Waals surface area (Å²) in [5.41, 5.74) is 0. The molecule has 0 radical (unpaired) electrons. The van der Waals surface area contributed by atoms with Crippen molar-refractivity contribution in [3.63, 3.8) is 0 Å². The fraction of sp³-hybridized carbons (Fsp3) is 1.00. The van der Waals surface area contributed by atoms with Crippen LogP contribution in [0, 0.1) is 0 Å². The zero-order chi connectivity index (χ0) is 23.4. The van der Waals surface area contributed by atoms with Crippen LogP contribution in [-0.4, -0.2) is 0 Å². The number of hydrogen-bond acceptors (Lipinski definition) is 0. The van der Waals surface area contributed by atoms with Gasteiger partial charge in [0.15, 0.2) is 0 Å². The monoisotopic (exact) mass is 417 g/mol. The highest BCUT2D eigenvalue weighted by atomic mass is 13.9. The maximum Gasteiger partial charge on any atom is -0.0533 e. The third-order valence-corrected chi connectivity index (χ3v) is 4.54. The van der Waals surface area contributed by atoms with Crippen LogP contribution < -0.4 is 0 Å². The first-order chi connectivity index (χ1) is 14.1. The standard InChI is InChI=1S/C7H16.2C6H14.2C5H12/c1-3-5-7-6-4-2;2*1-3-5-6-4-2;2*1-3-5-4-2/h3-7H2,1-2H3;2*3-6H2,1-2H3;2*3-5H2,1-2H3. The van der Waals surface area contributed by atoms with Crippen LogP contribution in [0.4, 0.5) is 0 Å². The van der Waals surface area contributed by atoms with Crippen LogP contribution in [0.1, 0.15) is 191 Å². The Bertz CT molecular complexity index is 131. The van der Waals surface area contributed by atoms with Gasteiger partial charge in [0.1, 0.15) is 0 Å². The zero-order valence-corrected chi connectivity index (χ0v) is 23.4. The smallest absolute Gasteiger partial charge is 0.0533 e. The molecule has 0 heterocycles. The minimum atomic E-state index is 1.34. The van der Waals surface area contributed by atoms with Crippen molar-refractivity contribution in [2.45, 2.75) is 191 Å². The minimum absolute atomic E-state index is 1.34. The molecule has 0 aromatic rings. The summed E-state index contributed by atoms with van der Waals surface area (Å²) in [5.74, 6) is 0. The summed E-state index contributed by atoms with van der Waals surface area (Å²) in [6, 6.07) is 0. The lowest BCUT2D eigenvalue weighted by molar-refractivity contribution is 0.656. The van der Waals surface area contributed by atoms with E-state index in [1.807, 2.05) is 0 Å². The van der Waals surface area contributed by atoms with Gasteiger partial charge in [-0.3, -0.25) is 0 Å². The molecular weight excluding hydrogens is 348 g/mol. The summed E-state index contributed by atoms with van der Waals surface area (Å²) < 4.78 is 0. The lowest BCUT2D eigenvalue weighted by Gasteiger charge is -1.90. The van der Waals surface area contributed by atoms with E-state index in [0.717, 1.165) is 0 Å². The molecule has 0 heteroatoms. The normalized spacial score (nSPS) is 8.90. The maximum atomic E-state index is 2.25. The molecule has 0 nitrogen and oxygen atoms in total. The van der Waals surface area contributed by atoms with Gasteiger partial charge in [-0.15, -0.1) is 0 Å². The number of hydrogen-bond donors (Lipinski definition) is 0. The van der Waals surface area contributed by atoms with Crippen molar-refractivity contribution >= 4 is 0 Å². The maximum absolute atomic E-state index is 2.25. The fourth-order valence-electron chi connectivity index (χ4n) is 2.38. The molecule has 0 fully saturated rings. The summed E-state index contributed by atoms with van der Waals surface area (Å²) in [6.07, 6.45) is 26.2. The van der Waals surface area contributed by atoms with Crippen LogP contribution in [0.15, 0.2) is 0 Å². The Balaban J connectivity index is -0.0000000833. The Kier molecular flexibility index (Phi) is 77.0. The van der Waals surface area contributed by atoms with E-state index < -0.39 is 0 Å². The molecule has 0 rings (SSSR count). The first kappa shape index (κ1) is 39.5. The zero-order valence-electron chi connectivity index (χ0n) is 23.4. The summed E-state index contributed by atoms with van der Waals surface area (Å²) >= 11 is 0. The largest absolute Gasteiger partial charge is 0.0654 e. The molecule has 0 aromatic carbocycles. The van der Waals surface area contributed by atoms with Gasteiger partial charge in [0.25, 0.3) is 0 Å². The first-order valence-electron chi connectivity index (χ1n) is 14.1. The van der Waals surface area contributed by atoms with Crippen molar-refractivity contribution < 1.29 is 0 Å². The highest BCUT2D eigenvalue weighted by Crippen LogP contribution is 2.00. The van der Waals surface area contributed by atoms with E-state index in [1.54, 1.807) is 0 Å². The van der Waals surface area contributed by atoms with Crippen molar-refractivity contribution in [2.75, 3.05) is 0 Å². The van der Waals surface area contributed by atoms with Crippen LogP contribution in [0.5, 0.6) is 0 Å². The van der Waals surface area contributed by atoms with Crippen molar-refractivity contribution in [1.82, 2.24) is 0 Å².